The number of carbonyl (C=O) groups excluding carboxylic acids is 3. The molecule has 0 bridgehead atoms. The van der Waals surface area contributed by atoms with Crippen LogP contribution in [0.25, 0.3) is 0 Å². The quantitative estimate of drug-likeness (QED) is 0.554. The number of anilines is 1. The second kappa shape index (κ2) is 9.09. The van der Waals surface area contributed by atoms with Gasteiger partial charge in [0.2, 0.25) is 5.91 Å². The molecule has 33 heavy (non-hydrogen) atoms. The number of hydrogen-bond donors (Lipinski definition) is 0. The van der Waals surface area contributed by atoms with Crippen molar-refractivity contribution in [2.45, 2.75) is 32.4 Å². The largest absolute Gasteiger partial charge is 0.319 e. The van der Waals surface area contributed by atoms with Gasteiger partial charge in [0.25, 0.3) is 11.8 Å². The van der Waals surface area contributed by atoms with Crippen molar-refractivity contribution in [3.8, 4) is 6.07 Å². The summed E-state index contributed by atoms with van der Waals surface area (Å²) in [6.07, 6.45) is -0.104. The van der Waals surface area contributed by atoms with Gasteiger partial charge in [0.15, 0.2) is 0 Å². The topological polar surface area (TPSA) is 81.5 Å². The summed E-state index contributed by atoms with van der Waals surface area (Å²) >= 11 is 0. The van der Waals surface area contributed by atoms with Gasteiger partial charge < -0.3 is 4.90 Å². The van der Waals surface area contributed by atoms with Gasteiger partial charge in [-0.25, -0.2) is 4.90 Å². The number of amides is 3. The van der Waals surface area contributed by atoms with Gasteiger partial charge in [-0.2, -0.15) is 5.26 Å². The number of rotatable bonds is 5. The Morgan fingerprint density at radius 3 is 2.27 bits per heavy atom. The Kier molecular flexibility index (Phi) is 6.05. The number of nitrogens with zero attached hydrogens (tertiary/aromatic N) is 3. The molecule has 3 aromatic carbocycles. The highest BCUT2D eigenvalue weighted by molar-refractivity contribution is 6.23. The van der Waals surface area contributed by atoms with Gasteiger partial charge in [-0.3, -0.25) is 14.4 Å². The van der Waals surface area contributed by atoms with E-state index in [0.29, 0.717) is 16.8 Å². The van der Waals surface area contributed by atoms with Gasteiger partial charge in [0.05, 0.1) is 29.8 Å². The minimum Gasteiger partial charge on any atom is -0.319 e. The minimum atomic E-state index is -0.935. The summed E-state index contributed by atoms with van der Waals surface area (Å²) in [5, 5.41) is 9.03. The van der Waals surface area contributed by atoms with E-state index in [1.54, 1.807) is 36.4 Å². The van der Waals surface area contributed by atoms with Crippen molar-refractivity contribution < 1.29 is 14.4 Å². The van der Waals surface area contributed by atoms with E-state index in [1.165, 1.54) is 4.90 Å². The van der Waals surface area contributed by atoms with Crippen LogP contribution in [0.15, 0.2) is 78.9 Å². The first-order chi connectivity index (χ1) is 15.9. The van der Waals surface area contributed by atoms with Gasteiger partial charge in [-0.1, -0.05) is 48.5 Å². The lowest BCUT2D eigenvalue weighted by molar-refractivity contribution is -0.122. The second-order valence-electron chi connectivity index (χ2n) is 8.06. The van der Waals surface area contributed by atoms with E-state index >= 15 is 0 Å². The van der Waals surface area contributed by atoms with Crippen LogP contribution in [0.2, 0.25) is 0 Å². The fourth-order valence-electron chi connectivity index (χ4n) is 4.22. The molecule has 4 rings (SSSR count). The maximum absolute atomic E-state index is 13.8. The smallest absolute Gasteiger partial charge is 0.257 e. The van der Waals surface area contributed by atoms with E-state index in [4.69, 9.17) is 5.26 Å². The summed E-state index contributed by atoms with van der Waals surface area (Å²) in [4.78, 5) is 42.9. The zero-order valence-electron chi connectivity index (χ0n) is 18.4. The van der Waals surface area contributed by atoms with Crippen LogP contribution in [-0.2, 0) is 9.59 Å². The SMILES string of the molecule is Cc1ccccc1C(=O)N(C1CC(=O)N(c2ccc(C#N)cc2)C1=O)C(C)c1ccccc1. The normalized spacial score (nSPS) is 16.4. The Bertz CT molecular complexity index is 1250. The average molecular weight is 437 g/mol. The molecule has 2 unspecified atom stereocenters. The molecule has 6 heteroatoms. The third-order valence-corrected chi connectivity index (χ3v) is 6.02. The molecule has 1 fully saturated rings. The number of carbonyl (C=O) groups is 3. The fourth-order valence-corrected chi connectivity index (χ4v) is 4.22. The molecule has 0 aromatic heterocycles. The Balaban J connectivity index is 1.74. The van der Waals surface area contributed by atoms with Crippen LogP contribution in [0.5, 0.6) is 0 Å². The Morgan fingerprint density at radius 2 is 1.64 bits per heavy atom. The fraction of sp³-hybridized carbons (Fsp3) is 0.185. The van der Waals surface area contributed by atoms with Crippen molar-refractivity contribution >= 4 is 23.4 Å². The number of imide groups is 1. The van der Waals surface area contributed by atoms with E-state index in [1.807, 2.05) is 62.4 Å². The van der Waals surface area contributed by atoms with E-state index in [9.17, 15) is 14.4 Å². The molecule has 1 saturated heterocycles. The van der Waals surface area contributed by atoms with Gasteiger partial charge >= 0.3 is 0 Å². The van der Waals surface area contributed by atoms with Crippen LogP contribution in [0.3, 0.4) is 0 Å². The first-order valence-corrected chi connectivity index (χ1v) is 10.7. The highest BCUT2D eigenvalue weighted by Gasteiger charge is 2.46. The molecule has 0 saturated carbocycles. The average Bonchev–Trinajstić information content (AvgIpc) is 3.13. The zero-order valence-corrected chi connectivity index (χ0v) is 18.4. The van der Waals surface area contributed by atoms with Crippen LogP contribution in [0.4, 0.5) is 5.69 Å². The third kappa shape index (κ3) is 4.13. The standard InChI is InChI=1S/C27H23N3O3/c1-18-8-6-7-11-23(18)26(32)29(19(2)21-9-4-3-5-10-21)24-16-25(31)30(27(24)33)22-14-12-20(17-28)13-15-22/h3-15,19,24H,16H2,1-2H3. The molecule has 3 aromatic rings. The summed E-state index contributed by atoms with van der Waals surface area (Å²) in [5.41, 5.74) is 2.99. The molecule has 0 aliphatic carbocycles. The summed E-state index contributed by atoms with van der Waals surface area (Å²) in [7, 11) is 0. The molecule has 1 aliphatic heterocycles. The summed E-state index contributed by atoms with van der Waals surface area (Å²) in [6.45, 7) is 3.72. The van der Waals surface area contributed by atoms with E-state index in [2.05, 4.69) is 0 Å². The maximum atomic E-state index is 13.8. The Hall–Kier alpha value is -4.24. The highest BCUT2D eigenvalue weighted by atomic mass is 16.2. The lowest BCUT2D eigenvalue weighted by Crippen LogP contribution is -2.47. The molecule has 2 atom stereocenters. The van der Waals surface area contributed by atoms with Crippen molar-refractivity contribution in [1.82, 2.24) is 4.90 Å². The van der Waals surface area contributed by atoms with Crippen LogP contribution >= 0.6 is 0 Å². The molecule has 1 aliphatic rings. The lowest BCUT2D eigenvalue weighted by Gasteiger charge is -2.34. The predicted octanol–water partition coefficient (Wildman–Crippen LogP) is 4.40. The molecule has 3 amide bonds. The predicted molar refractivity (Wildman–Crippen MR) is 124 cm³/mol. The molecular weight excluding hydrogens is 414 g/mol. The highest BCUT2D eigenvalue weighted by Crippen LogP contribution is 2.33. The summed E-state index contributed by atoms with van der Waals surface area (Å²) in [5.74, 6) is -1.12. The number of hydrogen-bond acceptors (Lipinski definition) is 4. The van der Waals surface area contributed by atoms with Crippen molar-refractivity contribution in [2.75, 3.05) is 4.90 Å². The number of nitriles is 1. The third-order valence-electron chi connectivity index (χ3n) is 6.02. The van der Waals surface area contributed by atoms with Crippen LogP contribution in [-0.4, -0.2) is 28.7 Å². The summed E-state index contributed by atoms with van der Waals surface area (Å²) < 4.78 is 0. The van der Waals surface area contributed by atoms with Crippen LogP contribution in [0.1, 0.15) is 46.4 Å². The number of benzene rings is 3. The first-order valence-electron chi connectivity index (χ1n) is 10.7. The molecule has 0 radical (unpaired) electrons. The maximum Gasteiger partial charge on any atom is 0.257 e. The van der Waals surface area contributed by atoms with Crippen LogP contribution in [0, 0.1) is 18.3 Å². The molecule has 1 heterocycles. The van der Waals surface area contributed by atoms with Crippen molar-refractivity contribution in [2.24, 2.45) is 0 Å². The molecule has 0 N–H and O–H groups in total. The second-order valence-corrected chi connectivity index (χ2v) is 8.06. The first kappa shape index (κ1) is 22.0. The molecule has 6 nitrogen and oxygen atoms in total. The monoisotopic (exact) mass is 437 g/mol. The van der Waals surface area contributed by atoms with Gasteiger partial charge in [0, 0.05) is 5.56 Å². The zero-order chi connectivity index (χ0) is 23.5. The van der Waals surface area contributed by atoms with E-state index in [-0.39, 0.29) is 18.2 Å². The van der Waals surface area contributed by atoms with Gasteiger partial charge in [-0.05, 0) is 55.3 Å². The Labute approximate surface area is 192 Å². The minimum absolute atomic E-state index is 0.104. The summed E-state index contributed by atoms with van der Waals surface area (Å²) in [6, 6.07) is 23.6. The number of aryl methyl sites for hydroxylation is 1. The Morgan fingerprint density at radius 1 is 1.00 bits per heavy atom. The van der Waals surface area contributed by atoms with Crippen molar-refractivity contribution in [1.29, 1.82) is 5.26 Å². The molecule has 164 valence electrons. The van der Waals surface area contributed by atoms with Crippen LogP contribution < -0.4 is 4.90 Å². The molecular formula is C27H23N3O3. The van der Waals surface area contributed by atoms with Gasteiger partial charge in [-0.15, -0.1) is 0 Å². The van der Waals surface area contributed by atoms with Crippen molar-refractivity contribution in [3.05, 3.63) is 101 Å². The van der Waals surface area contributed by atoms with E-state index < -0.39 is 18.0 Å². The van der Waals surface area contributed by atoms with Gasteiger partial charge in [0.1, 0.15) is 6.04 Å². The van der Waals surface area contributed by atoms with Crippen molar-refractivity contribution in [3.63, 3.8) is 0 Å². The lowest BCUT2D eigenvalue weighted by atomic mass is 10.0. The molecule has 0 spiro atoms. The van der Waals surface area contributed by atoms with E-state index in [0.717, 1.165) is 16.0 Å².